The van der Waals surface area contributed by atoms with Crippen LogP contribution in [0.3, 0.4) is 0 Å². The number of fused-ring (bicyclic) bond motifs is 1. The van der Waals surface area contributed by atoms with Crippen molar-refractivity contribution in [2.45, 2.75) is 43.4 Å². The molecule has 0 bridgehead atoms. The van der Waals surface area contributed by atoms with E-state index in [0.29, 0.717) is 0 Å². The topological polar surface area (TPSA) is 115 Å². The normalized spacial score (nSPS) is 44.4. The van der Waals surface area contributed by atoms with Crippen molar-refractivity contribution in [3.63, 3.8) is 0 Å². The SMILES string of the molecule is CO[C@@H]1O[C@@H]2COC(CC(=O)O)O[C@@H]2[C@H](O)[C@H]1O. The predicted molar refractivity (Wildman–Crippen MR) is 54.5 cm³/mol. The first-order chi connectivity index (χ1) is 8.52. The minimum Gasteiger partial charge on any atom is -0.481 e. The third-order valence-corrected chi connectivity index (χ3v) is 2.97. The smallest absolute Gasteiger partial charge is 0.308 e. The Hall–Kier alpha value is -0.770. The standard InChI is InChI=1S/C10H16O8/c1-15-10-8(14)7(13)9-4(17-10)3-16-6(18-9)2-5(11)12/h4,6-10,13-14H,2-3H2,1H3,(H,11,12)/t4-,6?,7-,8-,9+,10-/m1/s1. The van der Waals surface area contributed by atoms with Gasteiger partial charge < -0.3 is 34.3 Å². The van der Waals surface area contributed by atoms with Crippen molar-refractivity contribution in [2.75, 3.05) is 13.7 Å². The zero-order valence-electron chi connectivity index (χ0n) is 9.76. The summed E-state index contributed by atoms with van der Waals surface area (Å²) in [6.45, 7) is 0.0756. The van der Waals surface area contributed by atoms with E-state index < -0.39 is 43.0 Å². The number of rotatable bonds is 3. The van der Waals surface area contributed by atoms with Crippen LogP contribution in [0.1, 0.15) is 6.42 Å². The van der Waals surface area contributed by atoms with Crippen LogP contribution in [0.4, 0.5) is 0 Å². The van der Waals surface area contributed by atoms with E-state index in [2.05, 4.69) is 0 Å². The molecule has 0 radical (unpaired) electrons. The third kappa shape index (κ3) is 2.63. The molecule has 8 heteroatoms. The number of methoxy groups -OCH3 is 1. The van der Waals surface area contributed by atoms with Gasteiger partial charge in [0.2, 0.25) is 0 Å². The molecular formula is C10H16O8. The summed E-state index contributed by atoms with van der Waals surface area (Å²) in [5.41, 5.74) is 0. The molecule has 2 saturated heterocycles. The lowest BCUT2D eigenvalue weighted by Crippen LogP contribution is -2.63. The van der Waals surface area contributed by atoms with Gasteiger partial charge in [0, 0.05) is 7.11 Å². The summed E-state index contributed by atoms with van der Waals surface area (Å²) in [5, 5.41) is 28.2. The highest BCUT2D eigenvalue weighted by Crippen LogP contribution is 2.29. The van der Waals surface area contributed by atoms with Crippen molar-refractivity contribution in [3.05, 3.63) is 0 Å². The summed E-state index contributed by atoms with van der Waals surface area (Å²) in [7, 11) is 1.35. The van der Waals surface area contributed by atoms with Crippen LogP contribution in [0.5, 0.6) is 0 Å². The van der Waals surface area contributed by atoms with Gasteiger partial charge in [-0.15, -0.1) is 0 Å². The summed E-state index contributed by atoms with van der Waals surface area (Å²) < 4.78 is 20.7. The van der Waals surface area contributed by atoms with E-state index >= 15 is 0 Å². The van der Waals surface area contributed by atoms with Crippen molar-refractivity contribution in [1.29, 1.82) is 0 Å². The van der Waals surface area contributed by atoms with Crippen molar-refractivity contribution in [2.24, 2.45) is 0 Å². The maximum Gasteiger partial charge on any atom is 0.308 e. The van der Waals surface area contributed by atoms with Crippen molar-refractivity contribution >= 4 is 5.97 Å². The molecule has 8 nitrogen and oxygen atoms in total. The maximum atomic E-state index is 10.5. The number of hydrogen-bond acceptors (Lipinski definition) is 7. The molecule has 0 aromatic heterocycles. The maximum absolute atomic E-state index is 10.5. The molecule has 0 aromatic rings. The van der Waals surface area contributed by atoms with E-state index in [9.17, 15) is 15.0 Å². The van der Waals surface area contributed by atoms with Crippen LogP contribution in [0.15, 0.2) is 0 Å². The van der Waals surface area contributed by atoms with Crippen molar-refractivity contribution in [1.82, 2.24) is 0 Å². The molecule has 6 atom stereocenters. The van der Waals surface area contributed by atoms with Crippen LogP contribution < -0.4 is 0 Å². The molecule has 2 aliphatic rings. The van der Waals surface area contributed by atoms with Crippen LogP contribution in [-0.2, 0) is 23.7 Å². The number of aliphatic hydroxyl groups is 2. The molecule has 1 unspecified atom stereocenters. The molecule has 18 heavy (non-hydrogen) atoms. The fourth-order valence-corrected chi connectivity index (χ4v) is 2.07. The largest absolute Gasteiger partial charge is 0.481 e. The predicted octanol–water partition coefficient (Wildman–Crippen LogP) is -1.70. The molecule has 2 fully saturated rings. The van der Waals surface area contributed by atoms with Crippen molar-refractivity contribution < 1.29 is 39.1 Å². The Morgan fingerprint density at radius 2 is 2.06 bits per heavy atom. The number of carbonyl (C=O) groups is 1. The average Bonchev–Trinajstić information content (AvgIpc) is 2.33. The van der Waals surface area contributed by atoms with E-state index in [0.717, 1.165) is 0 Å². The molecule has 3 N–H and O–H groups in total. The number of carboxylic acid groups (broad SMARTS) is 1. The van der Waals surface area contributed by atoms with Gasteiger partial charge in [-0.1, -0.05) is 0 Å². The summed E-state index contributed by atoms with van der Waals surface area (Å²) in [6.07, 6.45) is -6.13. The number of aliphatic hydroxyl groups excluding tert-OH is 2. The van der Waals surface area contributed by atoms with E-state index in [-0.39, 0.29) is 13.0 Å². The van der Waals surface area contributed by atoms with Crippen LogP contribution >= 0.6 is 0 Å². The van der Waals surface area contributed by atoms with E-state index in [1.165, 1.54) is 7.11 Å². The number of carboxylic acids is 1. The lowest BCUT2D eigenvalue weighted by Gasteiger charge is -2.45. The first kappa shape index (κ1) is 13.7. The number of ether oxygens (including phenoxy) is 4. The molecule has 0 spiro atoms. The van der Waals surface area contributed by atoms with Crippen LogP contribution in [-0.4, -0.2) is 72.0 Å². The van der Waals surface area contributed by atoms with Crippen LogP contribution in [0.25, 0.3) is 0 Å². The molecule has 2 heterocycles. The fraction of sp³-hybridized carbons (Fsp3) is 0.900. The molecule has 2 aliphatic heterocycles. The van der Waals surface area contributed by atoms with E-state index in [1.807, 2.05) is 0 Å². The van der Waals surface area contributed by atoms with Gasteiger partial charge in [-0.3, -0.25) is 4.79 Å². The zero-order chi connectivity index (χ0) is 13.3. The second-order valence-corrected chi connectivity index (χ2v) is 4.22. The van der Waals surface area contributed by atoms with Gasteiger partial charge in [0.05, 0.1) is 13.0 Å². The van der Waals surface area contributed by atoms with Gasteiger partial charge in [-0.05, 0) is 0 Å². The average molecular weight is 264 g/mol. The van der Waals surface area contributed by atoms with Crippen LogP contribution in [0.2, 0.25) is 0 Å². The highest BCUT2D eigenvalue weighted by Gasteiger charge is 2.48. The van der Waals surface area contributed by atoms with Gasteiger partial charge >= 0.3 is 5.97 Å². The highest BCUT2D eigenvalue weighted by atomic mass is 16.7. The summed E-state index contributed by atoms with van der Waals surface area (Å²) in [4.78, 5) is 10.5. The highest BCUT2D eigenvalue weighted by molar-refractivity contribution is 5.67. The molecule has 0 aliphatic carbocycles. The monoisotopic (exact) mass is 264 g/mol. The van der Waals surface area contributed by atoms with Gasteiger partial charge in [0.15, 0.2) is 12.6 Å². The Kier molecular flexibility index (Phi) is 4.15. The van der Waals surface area contributed by atoms with E-state index in [4.69, 9.17) is 24.1 Å². The second-order valence-electron chi connectivity index (χ2n) is 4.22. The second kappa shape index (κ2) is 5.47. The van der Waals surface area contributed by atoms with Crippen molar-refractivity contribution in [3.8, 4) is 0 Å². The summed E-state index contributed by atoms with van der Waals surface area (Å²) in [6, 6.07) is 0. The van der Waals surface area contributed by atoms with Crippen LogP contribution in [0, 0.1) is 0 Å². The molecule has 104 valence electrons. The zero-order valence-corrected chi connectivity index (χ0v) is 9.76. The molecule has 0 aromatic carbocycles. The quantitative estimate of drug-likeness (QED) is 0.552. The minimum absolute atomic E-state index is 0.0756. The Morgan fingerprint density at radius 1 is 1.33 bits per heavy atom. The summed E-state index contributed by atoms with van der Waals surface area (Å²) in [5.74, 6) is -1.07. The van der Waals surface area contributed by atoms with E-state index in [1.54, 1.807) is 0 Å². The molecule has 2 rings (SSSR count). The van der Waals surface area contributed by atoms with Gasteiger partial charge in [-0.25, -0.2) is 0 Å². The first-order valence-corrected chi connectivity index (χ1v) is 5.56. The lowest BCUT2D eigenvalue weighted by atomic mass is 9.98. The minimum atomic E-state index is -1.25. The van der Waals surface area contributed by atoms with Gasteiger partial charge in [0.1, 0.15) is 24.4 Å². The third-order valence-electron chi connectivity index (χ3n) is 2.97. The number of hydrogen-bond donors (Lipinski definition) is 3. The molecular weight excluding hydrogens is 248 g/mol. The Balaban J connectivity index is 2.01. The Labute approximate surface area is 103 Å². The lowest BCUT2D eigenvalue weighted by molar-refractivity contribution is -0.355. The molecule has 0 amide bonds. The summed E-state index contributed by atoms with van der Waals surface area (Å²) >= 11 is 0. The van der Waals surface area contributed by atoms with Gasteiger partial charge in [0.25, 0.3) is 0 Å². The first-order valence-electron chi connectivity index (χ1n) is 5.56. The Morgan fingerprint density at radius 3 is 2.67 bits per heavy atom. The fourth-order valence-electron chi connectivity index (χ4n) is 2.07. The van der Waals surface area contributed by atoms with Gasteiger partial charge in [-0.2, -0.15) is 0 Å². The number of aliphatic carboxylic acids is 1. The Bertz CT molecular complexity index is 306. The molecule has 0 saturated carbocycles.